The smallest absolute Gasteiger partial charge is 0.223 e. The lowest BCUT2D eigenvalue weighted by molar-refractivity contribution is -0.124. The van der Waals surface area contributed by atoms with Crippen molar-refractivity contribution in [1.82, 2.24) is 5.32 Å². The monoisotopic (exact) mass is 319 g/mol. The Bertz CT molecular complexity index is 898. The minimum absolute atomic E-state index is 0.0334. The van der Waals surface area contributed by atoms with E-state index in [0.29, 0.717) is 28.7 Å². The van der Waals surface area contributed by atoms with Gasteiger partial charge in [0, 0.05) is 35.2 Å². The predicted octanol–water partition coefficient (Wildman–Crippen LogP) is 2.31. The Hall–Kier alpha value is -2.75. The van der Waals surface area contributed by atoms with Gasteiger partial charge in [0.1, 0.15) is 0 Å². The van der Waals surface area contributed by atoms with E-state index in [0.717, 1.165) is 24.0 Å². The van der Waals surface area contributed by atoms with Crippen molar-refractivity contribution in [3.05, 3.63) is 69.8 Å². The summed E-state index contributed by atoms with van der Waals surface area (Å²) in [4.78, 5) is 37.4. The molecule has 0 heterocycles. The van der Waals surface area contributed by atoms with Crippen LogP contribution in [0.2, 0.25) is 0 Å². The van der Waals surface area contributed by atoms with Gasteiger partial charge in [0.2, 0.25) is 5.91 Å². The summed E-state index contributed by atoms with van der Waals surface area (Å²) in [6.07, 6.45) is 2.14. The molecule has 1 N–H and O–H groups in total. The van der Waals surface area contributed by atoms with Crippen LogP contribution < -0.4 is 5.32 Å². The molecule has 2 aromatic carbocycles. The highest BCUT2D eigenvalue weighted by Crippen LogP contribution is 2.33. The molecule has 0 spiro atoms. The molecule has 1 amide bonds. The molecule has 2 aliphatic carbocycles. The Kier molecular flexibility index (Phi) is 3.34. The van der Waals surface area contributed by atoms with E-state index in [1.54, 1.807) is 31.3 Å². The number of carbonyl (C=O) groups is 3. The summed E-state index contributed by atoms with van der Waals surface area (Å²) in [5.41, 5.74) is 4.00. The molecule has 24 heavy (non-hydrogen) atoms. The van der Waals surface area contributed by atoms with Gasteiger partial charge in [-0.1, -0.05) is 24.3 Å². The molecule has 2 aliphatic rings. The molecule has 120 valence electrons. The van der Waals surface area contributed by atoms with Gasteiger partial charge >= 0.3 is 0 Å². The number of ketones is 2. The molecule has 0 fully saturated rings. The molecule has 0 saturated carbocycles. The van der Waals surface area contributed by atoms with Crippen LogP contribution in [0.4, 0.5) is 0 Å². The normalized spacial score (nSPS) is 18.5. The van der Waals surface area contributed by atoms with Gasteiger partial charge in [0.05, 0.1) is 0 Å². The predicted molar refractivity (Wildman–Crippen MR) is 89.3 cm³/mol. The van der Waals surface area contributed by atoms with Crippen molar-refractivity contribution in [3.8, 4) is 0 Å². The maximum absolute atomic E-state index is 12.8. The highest BCUT2D eigenvalue weighted by atomic mass is 16.2. The third-order valence-electron chi connectivity index (χ3n) is 5.09. The highest BCUT2D eigenvalue weighted by molar-refractivity contribution is 6.28. The van der Waals surface area contributed by atoms with Crippen molar-refractivity contribution < 1.29 is 14.4 Å². The third kappa shape index (κ3) is 2.10. The number of nitrogens with one attached hydrogen (secondary N) is 1. The Morgan fingerprint density at radius 1 is 0.958 bits per heavy atom. The van der Waals surface area contributed by atoms with Crippen LogP contribution in [0.25, 0.3) is 0 Å². The van der Waals surface area contributed by atoms with Gasteiger partial charge < -0.3 is 5.32 Å². The molecule has 0 aromatic heterocycles. The zero-order chi connectivity index (χ0) is 16.8. The number of carbonyl (C=O) groups excluding carboxylic acids is 3. The van der Waals surface area contributed by atoms with Gasteiger partial charge in [0.15, 0.2) is 11.6 Å². The minimum Gasteiger partial charge on any atom is -0.359 e. The van der Waals surface area contributed by atoms with Gasteiger partial charge in [0.25, 0.3) is 0 Å². The molecule has 4 rings (SSSR count). The van der Waals surface area contributed by atoms with Crippen molar-refractivity contribution >= 4 is 17.5 Å². The van der Waals surface area contributed by atoms with E-state index in [9.17, 15) is 14.4 Å². The van der Waals surface area contributed by atoms with E-state index in [4.69, 9.17) is 0 Å². The topological polar surface area (TPSA) is 63.2 Å². The third-order valence-corrected chi connectivity index (χ3v) is 5.09. The van der Waals surface area contributed by atoms with E-state index in [-0.39, 0.29) is 23.4 Å². The lowest BCUT2D eigenvalue weighted by Crippen LogP contribution is -2.32. The fourth-order valence-electron chi connectivity index (χ4n) is 3.78. The summed E-state index contributed by atoms with van der Waals surface area (Å²) in [6, 6.07) is 10.7. The van der Waals surface area contributed by atoms with E-state index in [1.807, 2.05) is 12.1 Å². The zero-order valence-electron chi connectivity index (χ0n) is 13.4. The molecule has 0 radical (unpaired) electrons. The Labute approximate surface area is 139 Å². The summed E-state index contributed by atoms with van der Waals surface area (Å²) < 4.78 is 0. The number of hydrogen-bond acceptors (Lipinski definition) is 3. The lowest BCUT2D eigenvalue weighted by Gasteiger charge is -2.26. The standard InChI is InChI=1S/C20H17NO3/c1-21-20(24)12-7-6-11-9-16-17(10-13(11)8-12)19(23)15-5-3-2-4-14(15)18(16)22/h2-5,9-10,12H,6-8H2,1H3,(H,21,24). The van der Waals surface area contributed by atoms with Crippen LogP contribution in [-0.4, -0.2) is 24.5 Å². The van der Waals surface area contributed by atoms with Crippen LogP contribution in [-0.2, 0) is 17.6 Å². The average molecular weight is 319 g/mol. The number of benzene rings is 2. The number of rotatable bonds is 1. The molecule has 4 heteroatoms. The molecule has 1 atom stereocenters. The Balaban J connectivity index is 1.81. The molecular weight excluding hydrogens is 302 g/mol. The molecule has 0 saturated heterocycles. The number of amides is 1. The summed E-state index contributed by atoms with van der Waals surface area (Å²) in [6.45, 7) is 0. The first kappa shape index (κ1) is 14.8. The summed E-state index contributed by atoms with van der Waals surface area (Å²) >= 11 is 0. The first-order chi connectivity index (χ1) is 11.6. The second-order valence-electron chi connectivity index (χ2n) is 6.42. The molecule has 0 bridgehead atoms. The zero-order valence-corrected chi connectivity index (χ0v) is 13.4. The molecule has 0 aliphatic heterocycles. The molecule has 1 unspecified atom stereocenters. The highest BCUT2D eigenvalue weighted by Gasteiger charge is 2.32. The number of hydrogen-bond donors (Lipinski definition) is 1. The van der Waals surface area contributed by atoms with Crippen molar-refractivity contribution in [3.63, 3.8) is 0 Å². The van der Waals surface area contributed by atoms with Crippen LogP contribution in [0, 0.1) is 5.92 Å². The SMILES string of the molecule is CNC(=O)C1CCc2cc3c(cc2C1)C(=O)c1ccccc1C3=O. The maximum atomic E-state index is 12.8. The Morgan fingerprint density at radius 2 is 1.54 bits per heavy atom. The van der Waals surface area contributed by atoms with Crippen LogP contribution in [0.5, 0.6) is 0 Å². The van der Waals surface area contributed by atoms with Crippen LogP contribution >= 0.6 is 0 Å². The van der Waals surface area contributed by atoms with Crippen molar-refractivity contribution in [2.24, 2.45) is 5.92 Å². The van der Waals surface area contributed by atoms with Crippen LogP contribution in [0.15, 0.2) is 36.4 Å². The molecule has 4 nitrogen and oxygen atoms in total. The van der Waals surface area contributed by atoms with Gasteiger partial charge in [-0.05, 0) is 42.5 Å². The number of aryl methyl sites for hydroxylation is 1. The van der Waals surface area contributed by atoms with Crippen molar-refractivity contribution in [1.29, 1.82) is 0 Å². The van der Waals surface area contributed by atoms with E-state index >= 15 is 0 Å². The minimum atomic E-state index is -0.106. The fourth-order valence-corrected chi connectivity index (χ4v) is 3.78. The summed E-state index contributed by atoms with van der Waals surface area (Å²) in [5.74, 6) is -0.227. The van der Waals surface area contributed by atoms with E-state index in [1.165, 1.54) is 0 Å². The Morgan fingerprint density at radius 3 is 2.12 bits per heavy atom. The second-order valence-corrected chi connectivity index (χ2v) is 6.42. The molecular formula is C20H17NO3. The maximum Gasteiger partial charge on any atom is 0.223 e. The van der Waals surface area contributed by atoms with Gasteiger partial charge in [-0.25, -0.2) is 0 Å². The second kappa shape index (κ2) is 5.41. The number of fused-ring (bicyclic) bond motifs is 3. The lowest BCUT2D eigenvalue weighted by atomic mass is 9.77. The van der Waals surface area contributed by atoms with Gasteiger partial charge in [-0.15, -0.1) is 0 Å². The van der Waals surface area contributed by atoms with Crippen molar-refractivity contribution in [2.45, 2.75) is 19.3 Å². The van der Waals surface area contributed by atoms with Crippen molar-refractivity contribution in [2.75, 3.05) is 7.05 Å². The van der Waals surface area contributed by atoms with E-state index < -0.39 is 0 Å². The summed E-state index contributed by atoms with van der Waals surface area (Å²) in [5, 5.41) is 2.70. The van der Waals surface area contributed by atoms with E-state index in [2.05, 4.69) is 5.32 Å². The largest absolute Gasteiger partial charge is 0.359 e. The molecule has 2 aromatic rings. The quantitative estimate of drug-likeness (QED) is 0.748. The van der Waals surface area contributed by atoms with Gasteiger partial charge in [-0.3, -0.25) is 14.4 Å². The van der Waals surface area contributed by atoms with Crippen LogP contribution in [0.1, 0.15) is 49.4 Å². The fraction of sp³-hybridized carbons (Fsp3) is 0.250. The average Bonchev–Trinajstić information content (AvgIpc) is 2.63. The first-order valence-corrected chi connectivity index (χ1v) is 8.16. The van der Waals surface area contributed by atoms with Crippen LogP contribution in [0.3, 0.4) is 0 Å². The van der Waals surface area contributed by atoms with Gasteiger partial charge in [-0.2, -0.15) is 0 Å². The first-order valence-electron chi connectivity index (χ1n) is 8.16. The summed E-state index contributed by atoms with van der Waals surface area (Å²) in [7, 11) is 1.64.